The maximum Gasteiger partial charge on any atom is 0.142 e. The van der Waals surface area contributed by atoms with Crippen LogP contribution in [-0.4, -0.2) is 0 Å². The van der Waals surface area contributed by atoms with Crippen LogP contribution in [0.15, 0.2) is 18.2 Å². The maximum atomic E-state index is 13.3. The van der Waals surface area contributed by atoms with E-state index in [-0.39, 0.29) is 29.3 Å². The van der Waals surface area contributed by atoms with Crippen molar-refractivity contribution in [2.45, 2.75) is 38.1 Å². The summed E-state index contributed by atoms with van der Waals surface area (Å²) in [6.45, 7) is 0. The van der Waals surface area contributed by atoms with Gasteiger partial charge in [-0.25, -0.2) is 4.39 Å². The molecular formula is C13H18Cl2FN. The van der Waals surface area contributed by atoms with E-state index in [2.05, 4.69) is 0 Å². The average Bonchev–Trinajstić information content (AvgIpc) is 2.33. The van der Waals surface area contributed by atoms with Gasteiger partial charge in [0.15, 0.2) is 0 Å². The number of halogens is 3. The van der Waals surface area contributed by atoms with Crippen molar-refractivity contribution in [2.24, 2.45) is 11.7 Å². The van der Waals surface area contributed by atoms with Crippen molar-refractivity contribution in [1.29, 1.82) is 0 Å². The minimum atomic E-state index is -0.370. The first-order valence-corrected chi connectivity index (χ1v) is 6.27. The Balaban J connectivity index is 0.00000144. The number of benzene rings is 1. The lowest BCUT2D eigenvalue weighted by molar-refractivity contribution is 0.308. The van der Waals surface area contributed by atoms with Gasteiger partial charge in [-0.05, 0) is 30.4 Å². The Kier molecular flexibility index (Phi) is 5.71. The zero-order valence-electron chi connectivity index (χ0n) is 9.66. The third kappa shape index (κ3) is 3.34. The van der Waals surface area contributed by atoms with Crippen LogP contribution in [0.3, 0.4) is 0 Å². The molecule has 1 aliphatic carbocycles. The molecule has 0 saturated heterocycles. The second-order valence-corrected chi connectivity index (χ2v) is 4.94. The molecule has 1 aliphatic rings. The smallest absolute Gasteiger partial charge is 0.142 e. The molecule has 0 aromatic heterocycles. The SMILES string of the molecule is Cl.N[C@@H](c1cccc(F)c1Cl)C1CCCCC1. The van der Waals surface area contributed by atoms with E-state index in [1.807, 2.05) is 6.07 Å². The molecule has 1 aromatic rings. The molecule has 1 saturated carbocycles. The van der Waals surface area contributed by atoms with Crippen LogP contribution in [0.25, 0.3) is 0 Å². The van der Waals surface area contributed by atoms with Crippen LogP contribution in [0.1, 0.15) is 43.7 Å². The third-order valence-corrected chi connectivity index (χ3v) is 3.90. The molecule has 0 radical (unpaired) electrons. The fraction of sp³-hybridized carbons (Fsp3) is 0.538. The summed E-state index contributed by atoms with van der Waals surface area (Å²) in [5, 5.41) is 0.195. The fourth-order valence-electron chi connectivity index (χ4n) is 2.53. The summed E-state index contributed by atoms with van der Waals surface area (Å²) in [7, 11) is 0. The van der Waals surface area contributed by atoms with E-state index in [0.717, 1.165) is 18.4 Å². The van der Waals surface area contributed by atoms with Gasteiger partial charge < -0.3 is 5.73 Å². The normalized spacial score (nSPS) is 18.5. The number of hydrogen-bond acceptors (Lipinski definition) is 1. The Morgan fingerprint density at radius 2 is 1.88 bits per heavy atom. The van der Waals surface area contributed by atoms with Crippen LogP contribution in [0.5, 0.6) is 0 Å². The first-order chi connectivity index (χ1) is 7.70. The van der Waals surface area contributed by atoms with Crippen molar-refractivity contribution in [2.75, 3.05) is 0 Å². The topological polar surface area (TPSA) is 26.0 Å². The van der Waals surface area contributed by atoms with Gasteiger partial charge in [0.2, 0.25) is 0 Å². The highest BCUT2D eigenvalue weighted by Crippen LogP contribution is 2.36. The number of hydrogen-bond donors (Lipinski definition) is 1. The quantitative estimate of drug-likeness (QED) is 0.848. The Hall–Kier alpha value is -0.310. The van der Waals surface area contributed by atoms with Gasteiger partial charge in [0.1, 0.15) is 5.82 Å². The van der Waals surface area contributed by atoms with Crippen molar-refractivity contribution in [3.8, 4) is 0 Å². The molecule has 1 aromatic carbocycles. The predicted molar refractivity (Wildman–Crippen MR) is 72.2 cm³/mol. The second-order valence-electron chi connectivity index (χ2n) is 4.57. The molecule has 0 amide bonds. The molecule has 0 unspecified atom stereocenters. The average molecular weight is 278 g/mol. The molecule has 1 atom stereocenters. The molecule has 1 nitrogen and oxygen atoms in total. The Bertz CT molecular complexity index is 364. The highest BCUT2D eigenvalue weighted by atomic mass is 35.5. The van der Waals surface area contributed by atoms with Gasteiger partial charge >= 0.3 is 0 Å². The monoisotopic (exact) mass is 277 g/mol. The molecule has 0 bridgehead atoms. The molecule has 96 valence electrons. The Labute approximate surface area is 113 Å². The molecular weight excluding hydrogens is 260 g/mol. The van der Waals surface area contributed by atoms with Crippen LogP contribution in [0, 0.1) is 11.7 Å². The van der Waals surface area contributed by atoms with Gasteiger partial charge in [0, 0.05) is 6.04 Å². The van der Waals surface area contributed by atoms with Crippen LogP contribution < -0.4 is 5.73 Å². The molecule has 2 N–H and O–H groups in total. The van der Waals surface area contributed by atoms with E-state index in [4.69, 9.17) is 17.3 Å². The molecule has 1 fully saturated rings. The van der Waals surface area contributed by atoms with Crippen molar-refractivity contribution in [3.63, 3.8) is 0 Å². The number of nitrogens with two attached hydrogens (primary N) is 1. The summed E-state index contributed by atoms with van der Waals surface area (Å²) in [5.41, 5.74) is 6.95. The maximum absolute atomic E-state index is 13.3. The van der Waals surface area contributed by atoms with E-state index in [9.17, 15) is 4.39 Å². The van der Waals surface area contributed by atoms with Gasteiger partial charge in [0.05, 0.1) is 5.02 Å². The summed E-state index contributed by atoms with van der Waals surface area (Å²) < 4.78 is 13.3. The molecule has 0 aliphatic heterocycles. The zero-order valence-corrected chi connectivity index (χ0v) is 11.2. The largest absolute Gasteiger partial charge is 0.324 e. The lowest BCUT2D eigenvalue weighted by atomic mass is 9.81. The Morgan fingerprint density at radius 3 is 2.53 bits per heavy atom. The lowest BCUT2D eigenvalue weighted by Gasteiger charge is -2.28. The first-order valence-electron chi connectivity index (χ1n) is 5.89. The Morgan fingerprint density at radius 1 is 1.24 bits per heavy atom. The van der Waals surface area contributed by atoms with E-state index < -0.39 is 0 Å². The van der Waals surface area contributed by atoms with Crippen LogP contribution in [0.2, 0.25) is 5.02 Å². The highest BCUT2D eigenvalue weighted by Gasteiger charge is 2.24. The summed E-state index contributed by atoms with van der Waals surface area (Å²) in [4.78, 5) is 0. The lowest BCUT2D eigenvalue weighted by Crippen LogP contribution is -2.24. The van der Waals surface area contributed by atoms with Gasteiger partial charge in [-0.1, -0.05) is 43.0 Å². The van der Waals surface area contributed by atoms with E-state index in [1.165, 1.54) is 25.3 Å². The molecule has 4 heteroatoms. The standard InChI is InChI=1S/C13H17ClFN.ClH/c14-12-10(7-4-8-11(12)15)13(16)9-5-2-1-3-6-9;/h4,7-9,13H,1-3,5-6,16H2;1H/t13-;/m1./s1. The van der Waals surface area contributed by atoms with Crippen LogP contribution in [-0.2, 0) is 0 Å². The highest BCUT2D eigenvalue weighted by molar-refractivity contribution is 6.31. The van der Waals surface area contributed by atoms with E-state index in [0.29, 0.717) is 5.92 Å². The van der Waals surface area contributed by atoms with Crippen molar-refractivity contribution >= 4 is 24.0 Å². The van der Waals surface area contributed by atoms with E-state index >= 15 is 0 Å². The first kappa shape index (κ1) is 14.7. The molecule has 0 heterocycles. The second kappa shape index (κ2) is 6.58. The van der Waals surface area contributed by atoms with Crippen molar-refractivity contribution < 1.29 is 4.39 Å². The number of rotatable bonds is 2. The fourth-order valence-corrected chi connectivity index (χ4v) is 2.78. The van der Waals surface area contributed by atoms with Gasteiger partial charge in [0.25, 0.3) is 0 Å². The van der Waals surface area contributed by atoms with E-state index in [1.54, 1.807) is 6.07 Å². The zero-order chi connectivity index (χ0) is 11.5. The van der Waals surface area contributed by atoms with Crippen LogP contribution in [0.4, 0.5) is 4.39 Å². The third-order valence-electron chi connectivity index (χ3n) is 3.50. The molecule has 0 spiro atoms. The minimum absolute atomic E-state index is 0. The summed E-state index contributed by atoms with van der Waals surface area (Å²) >= 11 is 5.95. The van der Waals surface area contributed by atoms with Crippen molar-refractivity contribution in [1.82, 2.24) is 0 Å². The summed E-state index contributed by atoms with van der Waals surface area (Å²) in [5.74, 6) is 0.0819. The van der Waals surface area contributed by atoms with Gasteiger partial charge in [-0.2, -0.15) is 0 Å². The van der Waals surface area contributed by atoms with Crippen LogP contribution >= 0.6 is 24.0 Å². The van der Waals surface area contributed by atoms with Gasteiger partial charge in [-0.15, -0.1) is 12.4 Å². The summed E-state index contributed by atoms with van der Waals surface area (Å²) in [6, 6.07) is 4.77. The summed E-state index contributed by atoms with van der Waals surface area (Å²) in [6.07, 6.45) is 6.01. The van der Waals surface area contributed by atoms with Crippen molar-refractivity contribution in [3.05, 3.63) is 34.6 Å². The minimum Gasteiger partial charge on any atom is -0.324 e. The molecule has 2 rings (SSSR count). The van der Waals surface area contributed by atoms with Gasteiger partial charge in [-0.3, -0.25) is 0 Å². The molecule has 17 heavy (non-hydrogen) atoms. The predicted octanol–water partition coefficient (Wildman–Crippen LogP) is 4.48.